The second kappa shape index (κ2) is 8.40. The van der Waals surface area contributed by atoms with Crippen molar-refractivity contribution in [1.82, 2.24) is 4.98 Å². The number of halogens is 1. The van der Waals surface area contributed by atoms with E-state index in [0.717, 1.165) is 16.8 Å². The first kappa shape index (κ1) is 17.8. The third-order valence-corrected chi connectivity index (χ3v) is 3.84. The van der Waals surface area contributed by atoms with Gasteiger partial charge in [-0.1, -0.05) is 18.2 Å². The number of hydrogen-bond donors (Lipinski definition) is 1. The predicted octanol–water partition coefficient (Wildman–Crippen LogP) is 4.20. The number of nitrogens with one attached hydrogen (secondary N) is 1. The summed E-state index contributed by atoms with van der Waals surface area (Å²) < 4.78 is 23.7. The second-order valence-electron chi connectivity index (χ2n) is 5.76. The molecule has 1 amide bonds. The van der Waals surface area contributed by atoms with E-state index in [9.17, 15) is 9.18 Å². The zero-order valence-corrected chi connectivity index (χ0v) is 14.4. The summed E-state index contributed by atoms with van der Waals surface area (Å²) in [6.07, 6.45) is 2.19. The molecule has 5 nitrogen and oxygen atoms in total. The Morgan fingerprint density at radius 2 is 1.96 bits per heavy atom. The minimum absolute atomic E-state index is 0.130. The number of rotatable bonds is 7. The quantitative estimate of drug-likeness (QED) is 0.691. The molecule has 0 aliphatic heterocycles. The Labute approximate surface area is 150 Å². The Hall–Kier alpha value is -2.99. The average molecular weight is 354 g/mol. The zero-order chi connectivity index (χ0) is 18.4. The van der Waals surface area contributed by atoms with Crippen LogP contribution in [0.1, 0.15) is 17.9 Å². The number of aromatic nitrogens is 1. The monoisotopic (exact) mass is 354 g/mol. The summed E-state index contributed by atoms with van der Waals surface area (Å²) in [6, 6.07) is 13.5. The number of carbonyl (C=O) groups excluding carboxylic acids is 1. The van der Waals surface area contributed by atoms with E-state index in [1.807, 2.05) is 24.3 Å². The van der Waals surface area contributed by atoms with Gasteiger partial charge in [0.25, 0.3) is 0 Å². The van der Waals surface area contributed by atoms with Gasteiger partial charge in [0.2, 0.25) is 5.91 Å². The topological polar surface area (TPSA) is 64.4 Å². The fourth-order valence-corrected chi connectivity index (χ4v) is 2.53. The zero-order valence-electron chi connectivity index (χ0n) is 14.4. The summed E-state index contributed by atoms with van der Waals surface area (Å²) in [4.78, 5) is 16.4. The van der Waals surface area contributed by atoms with Crippen LogP contribution in [0, 0.1) is 5.82 Å². The van der Waals surface area contributed by atoms with Crippen LogP contribution in [0.15, 0.2) is 59.1 Å². The van der Waals surface area contributed by atoms with Crippen molar-refractivity contribution >= 4 is 11.6 Å². The van der Waals surface area contributed by atoms with Gasteiger partial charge in [0.15, 0.2) is 11.7 Å². The van der Waals surface area contributed by atoms with Gasteiger partial charge in [0.1, 0.15) is 5.82 Å². The molecule has 0 bridgehead atoms. The summed E-state index contributed by atoms with van der Waals surface area (Å²) >= 11 is 0. The van der Waals surface area contributed by atoms with Gasteiger partial charge in [-0.15, -0.1) is 0 Å². The predicted molar refractivity (Wildman–Crippen MR) is 96.0 cm³/mol. The molecule has 1 heterocycles. The number of benzene rings is 2. The number of carbonyl (C=O) groups is 1. The summed E-state index contributed by atoms with van der Waals surface area (Å²) in [5.74, 6) is 0.574. The molecule has 3 aromatic rings. The Kier molecular flexibility index (Phi) is 5.76. The van der Waals surface area contributed by atoms with E-state index >= 15 is 0 Å². The molecule has 0 spiro atoms. The molecule has 0 fully saturated rings. The highest BCUT2D eigenvalue weighted by atomic mass is 19.1. The average Bonchev–Trinajstić information content (AvgIpc) is 3.11. The van der Waals surface area contributed by atoms with E-state index in [0.29, 0.717) is 24.7 Å². The molecule has 6 heteroatoms. The molecule has 2 aromatic carbocycles. The van der Waals surface area contributed by atoms with Gasteiger partial charge in [-0.25, -0.2) is 9.37 Å². The van der Waals surface area contributed by atoms with Crippen molar-refractivity contribution in [2.24, 2.45) is 0 Å². The fraction of sp³-hybridized carbons (Fsp3) is 0.200. The van der Waals surface area contributed by atoms with Crippen molar-refractivity contribution in [1.29, 1.82) is 0 Å². The van der Waals surface area contributed by atoms with Gasteiger partial charge in [-0.3, -0.25) is 4.79 Å². The number of para-hydroxylation sites is 1. The molecule has 1 N–H and O–H groups in total. The van der Waals surface area contributed by atoms with Crippen LogP contribution in [0.4, 0.5) is 10.1 Å². The van der Waals surface area contributed by atoms with E-state index < -0.39 is 0 Å². The van der Waals surface area contributed by atoms with Crippen LogP contribution in [0.5, 0.6) is 0 Å². The van der Waals surface area contributed by atoms with E-state index in [-0.39, 0.29) is 18.1 Å². The number of oxazole rings is 1. The number of hydrogen-bond acceptors (Lipinski definition) is 4. The van der Waals surface area contributed by atoms with Crippen LogP contribution >= 0.6 is 0 Å². The molecular formula is C20H19FN2O3. The Bertz CT molecular complexity index is 875. The lowest BCUT2D eigenvalue weighted by atomic mass is 10.2. The second-order valence-corrected chi connectivity index (χ2v) is 5.76. The number of anilines is 1. The van der Waals surface area contributed by atoms with Gasteiger partial charge in [-0.05, 0) is 30.3 Å². The summed E-state index contributed by atoms with van der Waals surface area (Å²) in [5, 5.41) is 2.88. The highest BCUT2D eigenvalue weighted by Crippen LogP contribution is 2.21. The molecular weight excluding hydrogens is 335 g/mol. The molecule has 26 heavy (non-hydrogen) atoms. The van der Waals surface area contributed by atoms with Crippen LogP contribution in [-0.2, 0) is 22.6 Å². The van der Waals surface area contributed by atoms with Gasteiger partial charge >= 0.3 is 0 Å². The lowest BCUT2D eigenvalue weighted by Crippen LogP contribution is -2.14. The maximum atomic E-state index is 13.0. The first-order valence-electron chi connectivity index (χ1n) is 8.23. The number of ether oxygens (including phenoxy) is 1. The highest BCUT2D eigenvalue weighted by molar-refractivity contribution is 5.91. The SMILES string of the molecule is COCc1ccccc1NC(=O)CCc1ncc(-c2ccc(F)cc2)o1. The van der Waals surface area contributed by atoms with Crippen LogP contribution < -0.4 is 5.32 Å². The molecule has 3 rings (SSSR count). The standard InChI is InChI=1S/C20H19FN2O3/c1-25-13-15-4-2-3-5-17(15)23-19(24)10-11-20-22-12-18(26-20)14-6-8-16(21)9-7-14/h2-9,12H,10-11,13H2,1H3,(H,23,24). The van der Waals surface area contributed by atoms with E-state index in [1.165, 1.54) is 12.1 Å². The van der Waals surface area contributed by atoms with Crippen molar-refractivity contribution in [3.63, 3.8) is 0 Å². The van der Waals surface area contributed by atoms with Crippen molar-refractivity contribution in [3.8, 4) is 11.3 Å². The van der Waals surface area contributed by atoms with Crippen LogP contribution in [0.2, 0.25) is 0 Å². The summed E-state index contributed by atoms with van der Waals surface area (Å²) in [5.41, 5.74) is 2.39. The van der Waals surface area contributed by atoms with Crippen molar-refractivity contribution in [3.05, 3.63) is 72.0 Å². The Balaban J connectivity index is 1.58. The molecule has 0 aliphatic carbocycles. The first-order valence-corrected chi connectivity index (χ1v) is 8.23. The molecule has 0 radical (unpaired) electrons. The molecule has 1 aromatic heterocycles. The number of aryl methyl sites for hydroxylation is 1. The van der Waals surface area contributed by atoms with Crippen molar-refractivity contribution < 1.29 is 18.3 Å². The van der Waals surface area contributed by atoms with Crippen molar-refractivity contribution in [2.75, 3.05) is 12.4 Å². The van der Waals surface area contributed by atoms with Crippen LogP contribution in [-0.4, -0.2) is 18.0 Å². The molecule has 0 saturated heterocycles. The Morgan fingerprint density at radius 1 is 1.19 bits per heavy atom. The molecule has 0 unspecified atom stereocenters. The van der Waals surface area contributed by atoms with Crippen LogP contribution in [0.25, 0.3) is 11.3 Å². The van der Waals surface area contributed by atoms with E-state index in [1.54, 1.807) is 25.4 Å². The normalized spacial score (nSPS) is 10.7. The first-order chi connectivity index (χ1) is 12.7. The van der Waals surface area contributed by atoms with Gasteiger partial charge in [-0.2, -0.15) is 0 Å². The number of nitrogens with zero attached hydrogens (tertiary/aromatic N) is 1. The maximum absolute atomic E-state index is 13.0. The molecule has 0 saturated carbocycles. The third kappa shape index (κ3) is 4.55. The minimum atomic E-state index is -0.307. The maximum Gasteiger partial charge on any atom is 0.224 e. The third-order valence-electron chi connectivity index (χ3n) is 3.84. The molecule has 134 valence electrons. The van der Waals surface area contributed by atoms with E-state index in [2.05, 4.69) is 10.3 Å². The van der Waals surface area contributed by atoms with Crippen molar-refractivity contribution in [2.45, 2.75) is 19.4 Å². The molecule has 0 aliphatic rings. The van der Waals surface area contributed by atoms with E-state index in [4.69, 9.17) is 9.15 Å². The largest absolute Gasteiger partial charge is 0.441 e. The Morgan fingerprint density at radius 3 is 2.73 bits per heavy atom. The lowest BCUT2D eigenvalue weighted by molar-refractivity contribution is -0.116. The van der Waals surface area contributed by atoms with Gasteiger partial charge in [0.05, 0.1) is 12.8 Å². The smallest absolute Gasteiger partial charge is 0.224 e. The minimum Gasteiger partial charge on any atom is -0.441 e. The summed E-state index contributed by atoms with van der Waals surface area (Å²) in [7, 11) is 1.61. The number of amides is 1. The van der Waals surface area contributed by atoms with Gasteiger partial charge in [0, 0.05) is 36.8 Å². The van der Waals surface area contributed by atoms with Gasteiger partial charge < -0.3 is 14.5 Å². The fourth-order valence-electron chi connectivity index (χ4n) is 2.53. The summed E-state index contributed by atoms with van der Waals surface area (Å²) in [6.45, 7) is 0.428. The van der Waals surface area contributed by atoms with Crippen LogP contribution in [0.3, 0.4) is 0 Å². The lowest BCUT2D eigenvalue weighted by Gasteiger charge is -2.09. The molecule has 0 atom stereocenters. The number of methoxy groups -OCH3 is 1. The highest BCUT2D eigenvalue weighted by Gasteiger charge is 2.11.